The molecule has 0 bridgehead atoms. The number of ether oxygens (including phenoxy) is 1. The highest BCUT2D eigenvalue weighted by Crippen LogP contribution is 2.14. The predicted molar refractivity (Wildman–Crippen MR) is 65.7 cm³/mol. The molecule has 17 heavy (non-hydrogen) atoms. The molecule has 0 atom stereocenters. The Balaban J connectivity index is 2.68. The fourth-order valence-corrected chi connectivity index (χ4v) is 1.54. The third-order valence-electron chi connectivity index (χ3n) is 2.29. The number of hydrogen-bond donors (Lipinski definition) is 0. The fourth-order valence-electron chi connectivity index (χ4n) is 1.54. The molecule has 0 saturated heterocycles. The van der Waals surface area contributed by atoms with Crippen molar-refractivity contribution < 1.29 is 14.3 Å². The first-order valence-electron chi connectivity index (χ1n) is 5.70. The minimum absolute atomic E-state index is 0.212. The number of esters is 1. The van der Waals surface area contributed by atoms with Crippen molar-refractivity contribution in [2.24, 2.45) is 0 Å². The monoisotopic (exact) mass is 235 g/mol. The maximum Gasteiger partial charge on any atom is 0.315 e. The largest absolute Gasteiger partial charge is 0.466 e. The third-order valence-corrected chi connectivity index (χ3v) is 2.29. The predicted octanol–water partition coefficient (Wildman–Crippen LogP) is 1.99. The first-order chi connectivity index (χ1) is 8.19. The van der Waals surface area contributed by atoms with Crippen LogP contribution in [0.5, 0.6) is 0 Å². The van der Waals surface area contributed by atoms with E-state index in [4.69, 9.17) is 4.74 Å². The van der Waals surface area contributed by atoms with Crippen LogP contribution in [0.25, 0.3) is 0 Å². The van der Waals surface area contributed by atoms with Gasteiger partial charge in [-0.25, -0.2) is 0 Å². The van der Waals surface area contributed by atoms with Crippen LogP contribution in [0.1, 0.15) is 20.3 Å². The van der Waals surface area contributed by atoms with E-state index >= 15 is 0 Å². The molecule has 4 nitrogen and oxygen atoms in total. The second-order valence-electron chi connectivity index (χ2n) is 3.46. The second kappa shape index (κ2) is 6.68. The number of nitrogens with zero attached hydrogens (tertiary/aromatic N) is 1. The smallest absolute Gasteiger partial charge is 0.315 e. The quantitative estimate of drug-likeness (QED) is 0.579. The number of carbonyl (C=O) groups is 2. The summed E-state index contributed by atoms with van der Waals surface area (Å²) >= 11 is 0. The molecule has 1 amide bonds. The number of carbonyl (C=O) groups excluding carboxylic acids is 2. The molecule has 0 aliphatic carbocycles. The third kappa shape index (κ3) is 3.90. The Morgan fingerprint density at radius 1 is 1.18 bits per heavy atom. The molecule has 0 unspecified atom stereocenters. The molecule has 92 valence electrons. The Morgan fingerprint density at radius 2 is 1.82 bits per heavy atom. The average molecular weight is 235 g/mol. The van der Waals surface area contributed by atoms with Gasteiger partial charge in [-0.05, 0) is 26.0 Å². The summed E-state index contributed by atoms with van der Waals surface area (Å²) in [4.78, 5) is 24.7. The zero-order valence-electron chi connectivity index (χ0n) is 10.2. The van der Waals surface area contributed by atoms with Gasteiger partial charge in [-0.2, -0.15) is 0 Å². The van der Waals surface area contributed by atoms with Crippen molar-refractivity contribution in [3.63, 3.8) is 0 Å². The highest BCUT2D eigenvalue weighted by atomic mass is 16.5. The summed E-state index contributed by atoms with van der Waals surface area (Å²) in [5.41, 5.74) is 0.796. The van der Waals surface area contributed by atoms with Crippen LogP contribution in [-0.4, -0.2) is 25.0 Å². The lowest BCUT2D eigenvalue weighted by molar-refractivity contribution is -0.145. The summed E-state index contributed by atoms with van der Waals surface area (Å²) in [6.07, 6.45) is -0.212. The number of rotatable bonds is 5. The van der Waals surface area contributed by atoms with Crippen LogP contribution < -0.4 is 4.90 Å². The van der Waals surface area contributed by atoms with Crippen LogP contribution in [0.3, 0.4) is 0 Å². The minimum Gasteiger partial charge on any atom is -0.466 e. The zero-order chi connectivity index (χ0) is 12.7. The molecule has 1 aromatic carbocycles. The number of hydrogen-bond acceptors (Lipinski definition) is 3. The van der Waals surface area contributed by atoms with Crippen molar-refractivity contribution >= 4 is 17.6 Å². The maximum absolute atomic E-state index is 11.9. The topological polar surface area (TPSA) is 46.6 Å². The number of anilines is 1. The van der Waals surface area contributed by atoms with Crippen molar-refractivity contribution in [3.8, 4) is 0 Å². The van der Waals surface area contributed by atoms with Gasteiger partial charge in [0.2, 0.25) is 5.91 Å². The van der Waals surface area contributed by atoms with E-state index in [1.54, 1.807) is 11.8 Å². The van der Waals surface area contributed by atoms with Gasteiger partial charge in [-0.1, -0.05) is 18.2 Å². The molecule has 1 aromatic rings. The molecule has 1 rings (SSSR count). The molecule has 0 saturated carbocycles. The van der Waals surface area contributed by atoms with E-state index in [1.165, 1.54) is 0 Å². The van der Waals surface area contributed by atoms with Crippen LogP contribution in [0.4, 0.5) is 5.69 Å². The normalized spacial score (nSPS) is 9.76. The lowest BCUT2D eigenvalue weighted by Crippen LogP contribution is -2.32. The first-order valence-corrected chi connectivity index (χ1v) is 5.70. The van der Waals surface area contributed by atoms with E-state index in [0.29, 0.717) is 13.2 Å². The number of para-hydroxylation sites is 1. The lowest BCUT2D eigenvalue weighted by Gasteiger charge is -2.20. The van der Waals surface area contributed by atoms with Crippen LogP contribution in [-0.2, 0) is 14.3 Å². The molecular weight excluding hydrogens is 218 g/mol. The van der Waals surface area contributed by atoms with E-state index in [9.17, 15) is 9.59 Å². The second-order valence-corrected chi connectivity index (χ2v) is 3.46. The summed E-state index contributed by atoms with van der Waals surface area (Å²) in [5, 5.41) is 0. The van der Waals surface area contributed by atoms with Gasteiger partial charge >= 0.3 is 5.97 Å². The molecular formula is C13H17NO3. The minimum atomic E-state index is -0.480. The van der Waals surface area contributed by atoms with Crippen LogP contribution in [0.15, 0.2) is 30.3 Å². The Morgan fingerprint density at radius 3 is 2.35 bits per heavy atom. The SMILES string of the molecule is CCOC(=O)CC(=O)N(CC)c1ccccc1. The van der Waals surface area contributed by atoms with E-state index < -0.39 is 5.97 Å². The zero-order valence-corrected chi connectivity index (χ0v) is 10.2. The number of benzene rings is 1. The molecule has 0 spiro atoms. The van der Waals surface area contributed by atoms with Crippen LogP contribution in [0.2, 0.25) is 0 Å². The highest BCUT2D eigenvalue weighted by Gasteiger charge is 2.17. The summed E-state index contributed by atoms with van der Waals surface area (Å²) in [7, 11) is 0. The van der Waals surface area contributed by atoms with Gasteiger partial charge in [-0.3, -0.25) is 9.59 Å². The van der Waals surface area contributed by atoms with Crippen molar-refractivity contribution in [2.75, 3.05) is 18.1 Å². The lowest BCUT2D eigenvalue weighted by atomic mass is 10.2. The Labute approximate surface area is 101 Å². The summed E-state index contributed by atoms with van der Waals surface area (Å²) in [6.45, 7) is 4.42. The van der Waals surface area contributed by atoms with E-state index in [1.807, 2.05) is 37.3 Å². The Kier molecular flexibility index (Phi) is 5.20. The van der Waals surface area contributed by atoms with E-state index in [2.05, 4.69) is 0 Å². The molecule has 0 aliphatic rings. The van der Waals surface area contributed by atoms with Gasteiger partial charge in [0, 0.05) is 12.2 Å². The molecule has 0 heterocycles. The average Bonchev–Trinajstić information content (AvgIpc) is 2.31. The molecule has 0 aliphatic heterocycles. The van der Waals surface area contributed by atoms with E-state index in [-0.39, 0.29) is 12.3 Å². The first kappa shape index (κ1) is 13.2. The van der Waals surface area contributed by atoms with Crippen molar-refractivity contribution in [2.45, 2.75) is 20.3 Å². The molecule has 0 radical (unpaired) electrons. The van der Waals surface area contributed by atoms with Crippen molar-refractivity contribution in [1.82, 2.24) is 0 Å². The van der Waals surface area contributed by atoms with Crippen LogP contribution >= 0.6 is 0 Å². The molecule has 4 heteroatoms. The van der Waals surface area contributed by atoms with Gasteiger partial charge in [0.25, 0.3) is 0 Å². The van der Waals surface area contributed by atoms with Crippen molar-refractivity contribution in [3.05, 3.63) is 30.3 Å². The standard InChI is InChI=1S/C13H17NO3/c1-3-14(11-8-6-5-7-9-11)12(15)10-13(16)17-4-2/h5-9H,3-4,10H2,1-2H3. The van der Waals surface area contributed by atoms with E-state index in [0.717, 1.165) is 5.69 Å². The summed E-state index contributed by atoms with van der Waals surface area (Å²) in [6, 6.07) is 9.28. The Hall–Kier alpha value is -1.84. The maximum atomic E-state index is 11.9. The van der Waals surface area contributed by atoms with Gasteiger partial charge in [-0.15, -0.1) is 0 Å². The molecule has 0 fully saturated rings. The van der Waals surface area contributed by atoms with Gasteiger partial charge in [0.05, 0.1) is 6.61 Å². The molecule has 0 aromatic heterocycles. The van der Waals surface area contributed by atoms with Gasteiger partial charge < -0.3 is 9.64 Å². The Bertz CT molecular complexity index is 376. The highest BCUT2D eigenvalue weighted by molar-refractivity contribution is 6.03. The van der Waals surface area contributed by atoms with Crippen LogP contribution in [0, 0.1) is 0 Å². The van der Waals surface area contributed by atoms with Gasteiger partial charge in [0.1, 0.15) is 6.42 Å². The van der Waals surface area contributed by atoms with Gasteiger partial charge in [0.15, 0.2) is 0 Å². The summed E-state index contributed by atoms with van der Waals surface area (Å²) in [5.74, 6) is -0.718. The summed E-state index contributed by atoms with van der Waals surface area (Å²) < 4.78 is 4.76. The van der Waals surface area contributed by atoms with Crippen molar-refractivity contribution in [1.29, 1.82) is 0 Å². The fraction of sp³-hybridized carbons (Fsp3) is 0.385. The molecule has 0 N–H and O–H groups in total. The number of amides is 1.